The van der Waals surface area contributed by atoms with E-state index >= 15 is 0 Å². The van der Waals surface area contributed by atoms with Crippen LogP contribution in [0.25, 0.3) is 0 Å². The molecule has 2 atom stereocenters. The van der Waals surface area contributed by atoms with Crippen LogP contribution in [-0.4, -0.2) is 11.7 Å². The number of aliphatic hydroxyl groups excluding tert-OH is 1. The van der Waals surface area contributed by atoms with Gasteiger partial charge in [0.25, 0.3) is 0 Å². The van der Waals surface area contributed by atoms with E-state index in [1.807, 2.05) is 6.92 Å². The molecule has 0 aromatic rings. The van der Waals surface area contributed by atoms with Crippen molar-refractivity contribution in [3.05, 3.63) is 12.2 Å². The Morgan fingerprint density at radius 1 is 1.78 bits per heavy atom. The van der Waals surface area contributed by atoms with Gasteiger partial charge in [0, 0.05) is 6.61 Å². The van der Waals surface area contributed by atoms with Gasteiger partial charge >= 0.3 is 0 Å². The van der Waals surface area contributed by atoms with E-state index in [4.69, 9.17) is 5.11 Å². The Hall–Kier alpha value is -0.300. The normalized spacial score (nSPS) is 41.9. The Balaban J connectivity index is 2.42. The van der Waals surface area contributed by atoms with Crippen molar-refractivity contribution >= 4 is 0 Å². The van der Waals surface area contributed by atoms with Gasteiger partial charge in [0.1, 0.15) is 0 Å². The summed E-state index contributed by atoms with van der Waals surface area (Å²) in [5, 5.41) is 8.73. The summed E-state index contributed by atoms with van der Waals surface area (Å²) in [6, 6.07) is 0. The van der Waals surface area contributed by atoms with Crippen molar-refractivity contribution in [2.75, 3.05) is 6.61 Å². The van der Waals surface area contributed by atoms with E-state index < -0.39 is 0 Å². The minimum atomic E-state index is 0.337. The second-order valence-electron chi connectivity index (χ2n) is 3.09. The molecule has 1 unspecified atom stereocenters. The van der Waals surface area contributed by atoms with Gasteiger partial charge < -0.3 is 5.11 Å². The molecule has 9 heavy (non-hydrogen) atoms. The molecule has 0 heterocycles. The third-order valence-electron chi connectivity index (χ3n) is 2.23. The molecule has 0 amide bonds. The highest BCUT2D eigenvalue weighted by molar-refractivity contribution is 5.11. The summed E-state index contributed by atoms with van der Waals surface area (Å²) < 4.78 is 0. The van der Waals surface area contributed by atoms with Gasteiger partial charge in [-0.05, 0) is 24.7 Å². The number of rotatable bonds is 2. The second kappa shape index (κ2) is 2.14. The van der Waals surface area contributed by atoms with E-state index in [0.29, 0.717) is 17.9 Å². The zero-order valence-electron chi connectivity index (χ0n) is 6.09. The van der Waals surface area contributed by atoms with Gasteiger partial charge in [0.15, 0.2) is 0 Å². The molecule has 0 aliphatic heterocycles. The molecule has 1 heteroatoms. The van der Waals surface area contributed by atoms with E-state index in [9.17, 15) is 0 Å². The van der Waals surface area contributed by atoms with Crippen molar-refractivity contribution < 1.29 is 5.11 Å². The Bertz CT molecular complexity index is 129. The standard InChI is InChI=1S/C8H14O/c1-3-4-8(2)5-7(8)6-9/h3-4,7,9H,5-6H2,1-2H3/b4-3-/t7-,8?/m1/s1. The highest BCUT2D eigenvalue weighted by atomic mass is 16.3. The second-order valence-corrected chi connectivity index (χ2v) is 3.09. The molecule has 0 radical (unpaired) electrons. The van der Waals surface area contributed by atoms with Gasteiger partial charge in [-0.1, -0.05) is 19.1 Å². The molecule has 52 valence electrons. The summed E-state index contributed by atoms with van der Waals surface area (Å²) in [6.07, 6.45) is 5.41. The number of aliphatic hydroxyl groups is 1. The summed E-state index contributed by atoms with van der Waals surface area (Å²) in [4.78, 5) is 0. The van der Waals surface area contributed by atoms with E-state index in [-0.39, 0.29) is 0 Å². The lowest BCUT2D eigenvalue weighted by atomic mass is 10.1. The van der Waals surface area contributed by atoms with E-state index in [1.54, 1.807) is 0 Å². The first kappa shape index (κ1) is 6.81. The Kier molecular flexibility index (Phi) is 1.62. The summed E-state index contributed by atoms with van der Waals surface area (Å²) in [7, 11) is 0. The lowest BCUT2D eigenvalue weighted by Crippen LogP contribution is -1.95. The third kappa shape index (κ3) is 1.16. The molecule has 1 aliphatic carbocycles. The SMILES string of the molecule is C/C=C\C1(C)C[C@@H]1CO. The summed E-state index contributed by atoms with van der Waals surface area (Å²) in [6.45, 7) is 4.56. The van der Waals surface area contributed by atoms with Crippen LogP contribution < -0.4 is 0 Å². The minimum absolute atomic E-state index is 0.337. The summed E-state index contributed by atoms with van der Waals surface area (Å²) >= 11 is 0. The molecule has 0 spiro atoms. The molecule has 0 saturated heterocycles. The first-order valence-electron chi connectivity index (χ1n) is 3.47. The van der Waals surface area contributed by atoms with Crippen LogP contribution in [0.2, 0.25) is 0 Å². The third-order valence-corrected chi connectivity index (χ3v) is 2.23. The smallest absolute Gasteiger partial charge is 0.0467 e. The van der Waals surface area contributed by atoms with Crippen LogP contribution >= 0.6 is 0 Å². The minimum Gasteiger partial charge on any atom is -0.396 e. The maximum Gasteiger partial charge on any atom is 0.0467 e. The van der Waals surface area contributed by atoms with Gasteiger partial charge in [-0.2, -0.15) is 0 Å². The largest absolute Gasteiger partial charge is 0.396 e. The molecule has 1 N–H and O–H groups in total. The van der Waals surface area contributed by atoms with Crippen molar-refractivity contribution in [2.24, 2.45) is 11.3 Å². The number of allylic oxidation sites excluding steroid dienone is 2. The molecule has 1 rings (SSSR count). The van der Waals surface area contributed by atoms with Crippen molar-refractivity contribution in [1.82, 2.24) is 0 Å². The van der Waals surface area contributed by atoms with E-state index in [1.165, 1.54) is 0 Å². The van der Waals surface area contributed by atoms with Crippen molar-refractivity contribution in [1.29, 1.82) is 0 Å². The quantitative estimate of drug-likeness (QED) is 0.557. The molecule has 0 aromatic heterocycles. The first-order valence-corrected chi connectivity index (χ1v) is 3.47. The van der Waals surface area contributed by atoms with E-state index in [2.05, 4.69) is 19.1 Å². The predicted octanol–water partition coefficient (Wildman–Crippen LogP) is 1.58. The molecule has 0 aromatic carbocycles. The number of hydrogen-bond donors (Lipinski definition) is 1. The van der Waals surface area contributed by atoms with Crippen LogP contribution in [0, 0.1) is 11.3 Å². The maximum atomic E-state index is 8.73. The van der Waals surface area contributed by atoms with Crippen molar-refractivity contribution in [3.8, 4) is 0 Å². The fourth-order valence-electron chi connectivity index (χ4n) is 1.33. The van der Waals surface area contributed by atoms with Crippen molar-refractivity contribution in [2.45, 2.75) is 20.3 Å². The van der Waals surface area contributed by atoms with Gasteiger partial charge in [-0.3, -0.25) is 0 Å². The van der Waals surface area contributed by atoms with Crippen LogP contribution in [0.5, 0.6) is 0 Å². The van der Waals surface area contributed by atoms with Crippen LogP contribution in [0.4, 0.5) is 0 Å². The van der Waals surface area contributed by atoms with Crippen LogP contribution in [-0.2, 0) is 0 Å². The van der Waals surface area contributed by atoms with E-state index in [0.717, 1.165) is 6.42 Å². The first-order chi connectivity index (χ1) is 4.23. The molecule has 0 bridgehead atoms. The van der Waals surface area contributed by atoms with Crippen LogP contribution in [0.1, 0.15) is 20.3 Å². The van der Waals surface area contributed by atoms with Crippen LogP contribution in [0.15, 0.2) is 12.2 Å². The van der Waals surface area contributed by atoms with Gasteiger partial charge in [0.2, 0.25) is 0 Å². The van der Waals surface area contributed by atoms with Gasteiger partial charge in [-0.15, -0.1) is 0 Å². The maximum absolute atomic E-state index is 8.73. The zero-order chi connectivity index (χ0) is 6.91. The fraction of sp³-hybridized carbons (Fsp3) is 0.750. The average molecular weight is 126 g/mol. The highest BCUT2D eigenvalue weighted by Crippen LogP contribution is 2.52. The summed E-state index contributed by atoms with van der Waals surface area (Å²) in [5.74, 6) is 0.536. The van der Waals surface area contributed by atoms with Crippen molar-refractivity contribution in [3.63, 3.8) is 0 Å². The Morgan fingerprint density at radius 2 is 2.44 bits per heavy atom. The fourth-order valence-corrected chi connectivity index (χ4v) is 1.33. The molecule has 1 aliphatic rings. The highest BCUT2D eigenvalue weighted by Gasteiger charge is 2.46. The predicted molar refractivity (Wildman–Crippen MR) is 38.1 cm³/mol. The monoisotopic (exact) mass is 126 g/mol. The average Bonchev–Trinajstić information content (AvgIpc) is 2.43. The Morgan fingerprint density at radius 3 is 2.78 bits per heavy atom. The molecular weight excluding hydrogens is 112 g/mol. The molecular formula is C8H14O. The lowest BCUT2D eigenvalue weighted by molar-refractivity contribution is 0.262. The van der Waals surface area contributed by atoms with Gasteiger partial charge in [0.05, 0.1) is 0 Å². The number of hydrogen-bond acceptors (Lipinski definition) is 1. The topological polar surface area (TPSA) is 20.2 Å². The summed E-state index contributed by atoms with van der Waals surface area (Å²) in [5.41, 5.74) is 0.337. The Labute approximate surface area is 56.4 Å². The molecule has 1 saturated carbocycles. The van der Waals surface area contributed by atoms with Crippen LogP contribution in [0.3, 0.4) is 0 Å². The molecule has 1 nitrogen and oxygen atoms in total. The lowest BCUT2D eigenvalue weighted by Gasteiger charge is -1.99. The molecule has 1 fully saturated rings. The van der Waals surface area contributed by atoms with Gasteiger partial charge in [-0.25, -0.2) is 0 Å². The zero-order valence-corrected chi connectivity index (χ0v) is 6.09.